The molecule has 5 rings (SSSR count). The van der Waals surface area contributed by atoms with Gasteiger partial charge in [0, 0.05) is 24.8 Å². The first kappa shape index (κ1) is 18.3. The molecule has 4 heterocycles. The third-order valence-corrected chi connectivity index (χ3v) is 4.79. The van der Waals surface area contributed by atoms with Gasteiger partial charge in [-0.3, -0.25) is 4.98 Å². The molecule has 0 amide bonds. The summed E-state index contributed by atoms with van der Waals surface area (Å²) in [7, 11) is 0. The van der Waals surface area contributed by atoms with Crippen LogP contribution < -0.4 is 10.2 Å². The van der Waals surface area contributed by atoms with Crippen molar-refractivity contribution < 1.29 is 9.13 Å². The fraction of sp³-hybridized carbons (Fsp3) is 0.190. The first-order valence-corrected chi connectivity index (χ1v) is 9.57. The predicted octanol–water partition coefficient (Wildman–Crippen LogP) is 3.20. The van der Waals surface area contributed by atoms with Crippen molar-refractivity contribution in [2.75, 3.05) is 36.5 Å². The Labute approximate surface area is 171 Å². The third kappa shape index (κ3) is 3.74. The number of halogens is 1. The Morgan fingerprint density at radius 1 is 0.933 bits per heavy atom. The van der Waals surface area contributed by atoms with Crippen LogP contribution in [-0.4, -0.2) is 51.2 Å². The molecule has 0 saturated carbocycles. The fourth-order valence-electron chi connectivity index (χ4n) is 3.27. The quantitative estimate of drug-likeness (QED) is 0.556. The highest BCUT2D eigenvalue weighted by Gasteiger charge is 2.15. The van der Waals surface area contributed by atoms with Crippen LogP contribution in [-0.2, 0) is 4.74 Å². The minimum absolute atomic E-state index is 0.184. The van der Waals surface area contributed by atoms with Crippen LogP contribution in [0.1, 0.15) is 0 Å². The van der Waals surface area contributed by atoms with Crippen molar-refractivity contribution in [3.63, 3.8) is 0 Å². The lowest BCUT2D eigenvalue weighted by molar-refractivity contribution is 0.122. The topological polar surface area (TPSA) is 89.0 Å². The number of fused-ring (bicyclic) bond motifs is 1. The van der Waals surface area contributed by atoms with Gasteiger partial charge < -0.3 is 15.0 Å². The summed E-state index contributed by atoms with van der Waals surface area (Å²) in [6.45, 7) is 2.86. The highest BCUT2D eigenvalue weighted by molar-refractivity contribution is 5.81. The van der Waals surface area contributed by atoms with Gasteiger partial charge in [-0.05, 0) is 24.3 Å². The maximum absolute atomic E-state index is 14.5. The van der Waals surface area contributed by atoms with Crippen molar-refractivity contribution in [3.8, 4) is 11.3 Å². The zero-order valence-corrected chi connectivity index (χ0v) is 16.0. The molecule has 4 aromatic rings. The molecule has 1 fully saturated rings. The smallest absolute Gasteiger partial charge is 0.229 e. The van der Waals surface area contributed by atoms with Crippen LogP contribution in [0.5, 0.6) is 0 Å². The molecular formula is C21H18FN7O. The lowest BCUT2D eigenvalue weighted by Gasteiger charge is -2.27. The zero-order chi connectivity index (χ0) is 20.3. The van der Waals surface area contributed by atoms with E-state index < -0.39 is 5.82 Å². The second kappa shape index (κ2) is 7.96. The van der Waals surface area contributed by atoms with Crippen LogP contribution in [0.4, 0.5) is 22.0 Å². The lowest BCUT2D eigenvalue weighted by Crippen LogP contribution is -2.36. The number of rotatable bonds is 4. The highest BCUT2D eigenvalue weighted by atomic mass is 19.1. The van der Waals surface area contributed by atoms with Gasteiger partial charge in [0.1, 0.15) is 17.3 Å². The number of ether oxygens (including phenoxy) is 1. The van der Waals surface area contributed by atoms with Gasteiger partial charge in [0.2, 0.25) is 5.95 Å². The van der Waals surface area contributed by atoms with E-state index in [2.05, 4.69) is 30.2 Å². The summed E-state index contributed by atoms with van der Waals surface area (Å²) in [6, 6.07) is 10.8. The molecule has 0 aliphatic carbocycles. The largest absolute Gasteiger partial charge is 0.378 e. The minimum atomic E-state index is -0.516. The van der Waals surface area contributed by atoms with Crippen molar-refractivity contribution in [2.24, 2.45) is 0 Å². The Bertz CT molecular complexity index is 1180. The molecule has 0 radical (unpaired) electrons. The number of hydrogen-bond donors (Lipinski definition) is 1. The van der Waals surface area contributed by atoms with Crippen molar-refractivity contribution in [2.45, 2.75) is 0 Å². The fourth-order valence-corrected chi connectivity index (χ4v) is 3.27. The maximum atomic E-state index is 14.5. The summed E-state index contributed by atoms with van der Waals surface area (Å²) in [6.07, 6.45) is 4.56. The average molecular weight is 403 g/mol. The van der Waals surface area contributed by atoms with Crippen LogP contribution in [0.3, 0.4) is 0 Å². The number of anilines is 3. The molecule has 30 heavy (non-hydrogen) atoms. The second-order valence-corrected chi connectivity index (χ2v) is 6.76. The number of nitrogens with one attached hydrogen (secondary N) is 1. The Balaban J connectivity index is 1.49. The van der Waals surface area contributed by atoms with Crippen LogP contribution in [0, 0.1) is 5.82 Å². The molecule has 1 N–H and O–H groups in total. The van der Waals surface area contributed by atoms with E-state index in [0.29, 0.717) is 30.1 Å². The Hall–Kier alpha value is -3.72. The summed E-state index contributed by atoms with van der Waals surface area (Å²) in [5, 5.41) is 2.98. The molecule has 1 aromatic carbocycles. The summed E-state index contributed by atoms with van der Waals surface area (Å²) in [5.74, 6) is 1.11. The molecule has 0 spiro atoms. The summed E-state index contributed by atoms with van der Waals surface area (Å²) >= 11 is 0. The van der Waals surface area contributed by atoms with Crippen molar-refractivity contribution in [1.29, 1.82) is 0 Å². The molecule has 0 unspecified atom stereocenters. The number of aromatic nitrogens is 5. The van der Waals surface area contributed by atoms with E-state index >= 15 is 0 Å². The Morgan fingerprint density at radius 3 is 2.67 bits per heavy atom. The van der Waals surface area contributed by atoms with Crippen LogP contribution in [0.2, 0.25) is 0 Å². The van der Waals surface area contributed by atoms with Gasteiger partial charge in [0.15, 0.2) is 5.82 Å². The summed E-state index contributed by atoms with van der Waals surface area (Å²) in [4.78, 5) is 23.9. The predicted molar refractivity (Wildman–Crippen MR) is 111 cm³/mol. The average Bonchev–Trinajstić information content (AvgIpc) is 2.81. The number of pyridine rings is 1. The molecule has 8 nitrogen and oxygen atoms in total. The molecule has 9 heteroatoms. The summed E-state index contributed by atoms with van der Waals surface area (Å²) in [5.41, 5.74) is 2.19. The van der Waals surface area contributed by atoms with E-state index in [1.54, 1.807) is 30.6 Å². The molecule has 0 bridgehead atoms. The molecular weight excluding hydrogens is 385 g/mol. The van der Waals surface area contributed by atoms with Gasteiger partial charge in [-0.1, -0.05) is 12.1 Å². The zero-order valence-electron chi connectivity index (χ0n) is 16.0. The lowest BCUT2D eigenvalue weighted by atomic mass is 10.1. The molecule has 1 aliphatic rings. The van der Waals surface area contributed by atoms with Gasteiger partial charge in [-0.15, -0.1) is 0 Å². The molecule has 0 atom stereocenters. The maximum Gasteiger partial charge on any atom is 0.229 e. The summed E-state index contributed by atoms with van der Waals surface area (Å²) < 4.78 is 19.9. The second-order valence-electron chi connectivity index (χ2n) is 6.76. The molecule has 3 aromatic heterocycles. The van der Waals surface area contributed by atoms with Crippen molar-refractivity contribution in [3.05, 3.63) is 60.8 Å². The number of morpholine rings is 1. The van der Waals surface area contributed by atoms with Gasteiger partial charge in [-0.2, -0.15) is 0 Å². The molecule has 1 saturated heterocycles. The normalized spacial score (nSPS) is 14.1. The minimum Gasteiger partial charge on any atom is -0.378 e. The monoisotopic (exact) mass is 403 g/mol. The van der Waals surface area contributed by atoms with Gasteiger partial charge in [-0.25, -0.2) is 24.3 Å². The van der Waals surface area contributed by atoms with Crippen LogP contribution >= 0.6 is 0 Å². The van der Waals surface area contributed by atoms with Gasteiger partial charge in [0.25, 0.3) is 0 Å². The van der Waals surface area contributed by atoms with Crippen LogP contribution in [0.25, 0.3) is 22.3 Å². The Morgan fingerprint density at radius 2 is 1.83 bits per heavy atom. The standard InChI is InChI=1S/C21H18FN7O/c22-15-12-25-21(27-18-3-1-2-6-23-18)28-20(15)14-4-5-16-17(11-14)26-19(13-24-16)29-7-9-30-10-8-29/h1-6,11-13H,7-10H2,(H,23,25,27,28). The number of hydrogen-bond acceptors (Lipinski definition) is 8. The first-order valence-electron chi connectivity index (χ1n) is 9.57. The van der Waals surface area contributed by atoms with Crippen LogP contribution in [0.15, 0.2) is 55.0 Å². The van der Waals surface area contributed by atoms with Gasteiger partial charge in [0.05, 0.1) is 36.6 Å². The van der Waals surface area contributed by atoms with E-state index in [-0.39, 0.29) is 11.6 Å². The SMILES string of the molecule is Fc1cnc(Nc2ccccn2)nc1-c1ccc2ncc(N3CCOCC3)nc2c1. The van der Waals surface area contributed by atoms with E-state index in [4.69, 9.17) is 9.72 Å². The first-order chi connectivity index (χ1) is 14.8. The number of nitrogens with zero attached hydrogens (tertiary/aromatic N) is 6. The Kier molecular flexibility index (Phi) is 4.86. The van der Waals surface area contributed by atoms with Gasteiger partial charge >= 0.3 is 0 Å². The molecule has 150 valence electrons. The third-order valence-electron chi connectivity index (χ3n) is 4.79. The highest BCUT2D eigenvalue weighted by Crippen LogP contribution is 2.26. The van der Waals surface area contributed by atoms with E-state index in [9.17, 15) is 4.39 Å². The van der Waals surface area contributed by atoms with Crippen molar-refractivity contribution in [1.82, 2.24) is 24.9 Å². The van der Waals surface area contributed by atoms with Crippen molar-refractivity contribution >= 4 is 28.6 Å². The van der Waals surface area contributed by atoms with E-state index in [1.807, 2.05) is 18.2 Å². The number of benzene rings is 1. The molecule has 1 aliphatic heterocycles. The van der Waals surface area contributed by atoms with E-state index in [1.165, 1.54) is 0 Å². The van der Waals surface area contributed by atoms with E-state index in [0.717, 1.165) is 30.6 Å².